The van der Waals surface area contributed by atoms with Gasteiger partial charge in [0.15, 0.2) is 18.1 Å². The molecule has 2 rings (SSSR count). The third kappa shape index (κ3) is 4.28. The van der Waals surface area contributed by atoms with Crippen molar-refractivity contribution in [1.29, 1.82) is 5.26 Å². The van der Waals surface area contributed by atoms with Gasteiger partial charge in [-0.05, 0) is 29.3 Å². The summed E-state index contributed by atoms with van der Waals surface area (Å²) in [6.45, 7) is -0.529. The molecule has 6 heteroatoms. The van der Waals surface area contributed by atoms with E-state index in [1.807, 2.05) is 30.3 Å². The Hall–Kier alpha value is -2.97. The van der Waals surface area contributed by atoms with Crippen LogP contribution in [-0.2, 0) is 4.79 Å². The first kappa shape index (κ1) is 17.4. The molecule has 0 spiro atoms. The predicted octanol–water partition coefficient (Wildman–Crippen LogP) is 3.88. The van der Waals surface area contributed by atoms with Crippen molar-refractivity contribution >= 4 is 29.2 Å². The van der Waals surface area contributed by atoms with Crippen LogP contribution in [0.5, 0.6) is 11.5 Å². The maximum absolute atomic E-state index is 10.6. The Balaban J connectivity index is 2.41. The molecule has 0 radical (unpaired) electrons. The van der Waals surface area contributed by atoms with Crippen molar-refractivity contribution < 1.29 is 19.4 Å². The number of allylic oxidation sites excluding steroid dienone is 1. The van der Waals surface area contributed by atoms with Gasteiger partial charge in [0, 0.05) is 0 Å². The van der Waals surface area contributed by atoms with Crippen molar-refractivity contribution in [2.24, 2.45) is 0 Å². The summed E-state index contributed by atoms with van der Waals surface area (Å²) in [6, 6.07) is 14.6. The Morgan fingerprint density at radius 3 is 2.62 bits per heavy atom. The van der Waals surface area contributed by atoms with E-state index in [1.165, 1.54) is 7.11 Å². The molecule has 5 nitrogen and oxygen atoms in total. The summed E-state index contributed by atoms with van der Waals surface area (Å²) in [5, 5.41) is 18.3. The molecule has 0 saturated carbocycles. The third-order valence-corrected chi connectivity index (χ3v) is 3.39. The molecule has 0 bridgehead atoms. The number of carbonyl (C=O) groups is 1. The zero-order chi connectivity index (χ0) is 17.5. The molecule has 0 fully saturated rings. The van der Waals surface area contributed by atoms with Crippen LogP contribution in [0.2, 0.25) is 5.02 Å². The van der Waals surface area contributed by atoms with Crippen LogP contribution < -0.4 is 9.47 Å². The first-order valence-corrected chi connectivity index (χ1v) is 7.32. The Kier molecular flexibility index (Phi) is 5.83. The summed E-state index contributed by atoms with van der Waals surface area (Å²) in [5.74, 6) is -0.676. The Labute approximate surface area is 144 Å². The maximum Gasteiger partial charge on any atom is 0.341 e. The van der Waals surface area contributed by atoms with E-state index in [1.54, 1.807) is 18.2 Å². The number of aliphatic carboxylic acids is 1. The van der Waals surface area contributed by atoms with E-state index in [9.17, 15) is 10.1 Å². The molecule has 0 aliphatic carbocycles. The number of halogens is 1. The minimum Gasteiger partial charge on any atom is -0.493 e. The highest BCUT2D eigenvalue weighted by Crippen LogP contribution is 2.37. The van der Waals surface area contributed by atoms with Crippen molar-refractivity contribution in [3.05, 3.63) is 58.6 Å². The topological polar surface area (TPSA) is 79.5 Å². The fourth-order valence-electron chi connectivity index (χ4n) is 2.06. The minimum absolute atomic E-state index is 0.150. The fourth-order valence-corrected chi connectivity index (χ4v) is 2.34. The number of rotatable bonds is 6. The van der Waals surface area contributed by atoms with Gasteiger partial charge in [-0.2, -0.15) is 5.26 Å². The van der Waals surface area contributed by atoms with E-state index in [4.69, 9.17) is 26.2 Å². The summed E-state index contributed by atoms with van der Waals surface area (Å²) in [6.07, 6.45) is 1.67. The molecule has 0 saturated heterocycles. The van der Waals surface area contributed by atoms with E-state index < -0.39 is 12.6 Å². The van der Waals surface area contributed by atoms with Gasteiger partial charge < -0.3 is 14.6 Å². The van der Waals surface area contributed by atoms with E-state index in [0.717, 1.165) is 5.56 Å². The average Bonchev–Trinajstić information content (AvgIpc) is 2.58. The standard InChI is InChI=1S/C18H14ClNO4/c1-23-16-9-12(8-15(19)18(16)24-11-17(21)22)7-14(10-20)13-5-3-2-4-6-13/h2-9H,11H2,1H3,(H,21,22)/b14-7+. The lowest BCUT2D eigenvalue weighted by molar-refractivity contribution is -0.139. The van der Waals surface area contributed by atoms with Crippen molar-refractivity contribution in [3.8, 4) is 17.6 Å². The SMILES string of the molecule is COc1cc(/C=C(\C#N)c2ccccc2)cc(Cl)c1OCC(=O)O. The number of nitrogens with zero attached hydrogens (tertiary/aromatic N) is 1. The van der Waals surface area contributed by atoms with E-state index in [2.05, 4.69) is 6.07 Å². The predicted molar refractivity (Wildman–Crippen MR) is 91.1 cm³/mol. The molecule has 0 atom stereocenters. The van der Waals surface area contributed by atoms with Gasteiger partial charge in [-0.25, -0.2) is 4.79 Å². The molecular formula is C18H14ClNO4. The highest BCUT2D eigenvalue weighted by molar-refractivity contribution is 6.32. The molecule has 1 N–H and O–H groups in total. The van der Waals surface area contributed by atoms with Crippen molar-refractivity contribution in [2.75, 3.05) is 13.7 Å². The summed E-state index contributed by atoms with van der Waals surface area (Å²) < 4.78 is 10.4. The first-order valence-electron chi connectivity index (χ1n) is 6.94. The van der Waals surface area contributed by atoms with Crippen molar-refractivity contribution in [1.82, 2.24) is 0 Å². The minimum atomic E-state index is -1.12. The highest BCUT2D eigenvalue weighted by Gasteiger charge is 2.13. The quantitative estimate of drug-likeness (QED) is 0.636. The van der Waals surface area contributed by atoms with Crippen LogP contribution >= 0.6 is 11.6 Å². The molecular weight excluding hydrogens is 330 g/mol. The summed E-state index contributed by atoms with van der Waals surface area (Å²) in [5.41, 5.74) is 1.88. The van der Waals surface area contributed by atoms with E-state index >= 15 is 0 Å². The van der Waals surface area contributed by atoms with Crippen molar-refractivity contribution in [3.63, 3.8) is 0 Å². The van der Waals surface area contributed by atoms with Gasteiger partial charge in [-0.3, -0.25) is 0 Å². The van der Waals surface area contributed by atoms with Crippen LogP contribution in [0.15, 0.2) is 42.5 Å². The second kappa shape index (κ2) is 8.04. The molecule has 0 amide bonds. The van der Waals surface area contributed by atoms with Gasteiger partial charge in [0.1, 0.15) is 0 Å². The van der Waals surface area contributed by atoms with Gasteiger partial charge in [-0.1, -0.05) is 41.9 Å². The van der Waals surface area contributed by atoms with E-state index in [-0.39, 0.29) is 10.8 Å². The maximum atomic E-state index is 10.6. The number of carboxylic acid groups (broad SMARTS) is 1. The molecule has 0 aliphatic heterocycles. The lowest BCUT2D eigenvalue weighted by Gasteiger charge is -2.12. The Morgan fingerprint density at radius 2 is 2.04 bits per heavy atom. The second-order valence-corrected chi connectivity index (χ2v) is 5.16. The zero-order valence-electron chi connectivity index (χ0n) is 12.8. The highest BCUT2D eigenvalue weighted by atomic mass is 35.5. The average molecular weight is 344 g/mol. The monoisotopic (exact) mass is 343 g/mol. The summed E-state index contributed by atoms with van der Waals surface area (Å²) in [7, 11) is 1.43. The van der Waals surface area contributed by atoms with Crippen molar-refractivity contribution in [2.45, 2.75) is 0 Å². The number of hydrogen-bond acceptors (Lipinski definition) is 4. The molecule has 2 aromatic carbocycles. The second-order valence-electron chi connectivity index (χ2n) is 4.75. The van der Waals surface area contributed by atoms with Crippen LogP contribution in [0.1, 0.15) is 11.1 Å². The Bertz CT molecular complexity index is 810. The number of ether oxygens (including phenoxy) is 2. The van der Waals surface area contributed by atoms with Gasteiger partial charge in [0.25, 0.3) is 0 Å². The van der Waals surface area contributed by atoms with Gasteiger partial charge in [0.2, 0.25) is 0 Å². The van der Waals surface area contributed by atoms with Gasteiger partial charge >= 0.3 is 5.97 Å². The molecule has 0 heterocycles. The number of nitriles is 1. The lowest BCUT2D eigenvalue weighted by Crippen LogP contribution is -2.10. The Morgan fingerprint density at radius 1 is 1.33 bits per heavy atom. The third-order valence-electron chi connectivity index (χ3n) is 3.11. The number of carboxylic acids is 1. The zero-order valence-corrected chi connectivity index (χ0v) is 13.6. The van der Waals surface area contributed by atoms with Crippen LogP contribution in [0.25, 0.3) is 11.6 Å². The number of hydrogen-bond donors (Lipinski definition) is 1. The smallest absolute Gasteiger partial charge is 0.341 e. The number of methoxy groups -OCH3 is 1. The molecule has 24 heavy (non-hydrogen) atoms. The van der Waals surface area contributed by atoms with Crippen LogP contribution in [0.4, 0.5) is 0 Å². The fraction of sp³-hybridized carbons (Fsp3) is 0.111. The molecule has 0 unspecified atom stereocenters. The van der Waals surface area contributed by atoms with Gasteiger partial charge in [0.05, 0.1) is 23.8 Å². The van der Waals surface area contributed by atoms with Gasteiger partial charge in [-0.15, -0.1) is 0 Å². The largest absolute Gasteiger partial charge is 0.493 e. The molecule has 122 valence electrons. The van der Waals surface area contributed by atoms with Crippen LogP contribution in [0, 0.1) is 11.3 Å². The normalized spacial score (nSPS) is 10.8. The summed E-state index contributed by atoms with van der Waals surface area (Å²) in [4.78, 5) is 10.6. The molecule has 0 aliphatic rings. The molecule has 0 aromatic heterocycles. The van der Waals surface area contributed by atoms with Crippen LogP contribution in [-0.4, -0.2) is 24.8 Å². The lowest BCUT2D eigenvalue weighted by atomic mass is 10.0. The summed E-state index contributed by atoms with van der Waals surface area (Å²) >= 11 is 6.16. The first-order chi connectivity index (χ1) is 11.5. The number of benzene rings is 2. The van der Waals surface area contributed by atoms with Crippen LogP contribution in [0.3, 0.4) is 0 Å². The molecule has 2 aromatic rings. The van der Waals surface area contributed by atoms with E-state index in [0.29, 0.717) is 16.9 Å².